The molecule has 0 bridgehead atoms. The zero-order chi connectivity index (χ0) is 10.3. The molecule has 1 saturated heterocycles. The van der Waals surface area contributed by atoms with Crippen LogP contribution in [0.15, 0.2) is 0 Å². The molecule has 1 fully saturated rings. The standard InChI is InChI=1S/C11H15NO2S/c13-8-4-1-3-7-10(8)15-11(12-7)9-5-2-6-14-9/h8-9,13H,1-6H2. The van der Waals surface area contributed by atoms with E-state index in [4.69, 9.17) is 4.74 Å². The van der Waals surface area contributed by atoms with Crippen LogP contribution < -0.4 is 0 Å². The number of ether oxygens (including phenoxy) is 1. The first kappa shape index (κ1) is 9.75. The lowest BCUT2D eigenvalue weighted by molar-refractivity contribution is 0.111. The van der Waals surface area contributed by atoms with Gasteiger partial charge in [0.05, 0.1) is 16.7 Å². The van der Waals surface area contributed by atoms with Crippen LogP contribution in [-0.4, -0.2) is 16.7 Å². The zero-order valence-corrected chi connectivity index (χ0v) is 9.42. The van der Waals surface area contributed by atoms with Crippen LogP contribution in [0.3, 0.4) is 0 Å². The van der Waals surface area contributed by atoms with Crippen molar-refractivity contribution in [3.8, 4) is 0 Å². The number of aliphatic hydroxyl groups is 1. The van der Waals surface area contributed by atoms with Crippen molar-refractivity contribution in [3.05, 3.63) is 15.6 Å². The highest BCUT2D eigenvalue weighted by Crippen LogP contribution is 2.39. The SMILES string of the molecule is OC1CCCc2nc(C3CCCO3)sc21. The van der Waals surface area contributed by atoms with Gasteiger partial charge in [0.1, 0.15) is 11.1 Å². The van der Waals surface area contributed by atoms with Gasteiger partial charge in [-0.05, 0) is 32.1 Å². The highest BCUT2D eigenvalue weighted by molar-refractivity contribution is 7.11. The van der Waals surface area contributed by atoms with Gasteiger partial charge in [0.15, 0.2) is 0 Å². The van der Waals surface area contributed by atoms with Crippen molar-refractivity contribution in [3.63, 3.8) is 0 Å². The minimum atomic E-state index is -0.276. The number of aryl methyl sites for hydroxylation is 1. The number of hydrogen-bond acceptors (Lipinski definition) is 4. The number of aromatic nitrogens is 1. The summed E-state index contributed by atoms with van der Waals surface area (Å²) in [6.45, 7) is 0.859. The van der Waals surface area contributed by atoms with Crippen molar-refractivity contribution < 1.29 is 9.84 Å². The summed E-state index contributed by atoms with van der Waals surface area (Å²) in [5, 5.41) is 10.9. The van der Waals surface area contributed by atoms with Gasteiger partial charge in [0.2, 0.25) is 0 Å². The van der Waals surface area contributed by atoms with Crippen LogP contribution in [0.25, 0.3) is 0 Å². The lowest BCUT2D eigenvalue weighted by Gasteiger charge is -2.14. The van der Waals surface area contributed by atoms with Crippen molar-refractivity contribution in [2.45, 2.75) is 44.3 Å². The molecule has 0 spiro atoms. The van der Waals surface area contributed by atoms with Crippen molar-refractivity contribution in [1.29, 1.82) is 0 Å². The molecule has 0 radical (unpaired) electrons. The van der Waals surface area contributed by atoms with Gasteiger partial charge >= 0.3 is 0 Å². The lowest BCUT2D eigenvalue weighted by Crippen LogP contribution is -2.06. The Labute approximate surface area is 93.1 Å². The van der Waals surface area contributed by atoms with Crippen LogP contribution in [0.2, 0.25) is 0 Å². The van der Waals surface area contributed by atoms with E-state index in [0.29, 0.717) is 0 Å². The largest absolute Gasteiger partial charge is 0.388 e. The van der Waals surface area contributed by atoms with E-state index >= 15 is 0 Å². The molecule has 2 unspecified atom stereocenters. The van der Waals surface area contributed by atoms with Crippen molar-refractivity contribution in [2.24, 2.45) is 0 Å². The normalized spacial score (nSPS) is 30.5. The fraction of sp³-hybridized carbons (Fsp3) is 0.727. The van der Waals surface area contributed by atoms with E-state index in [9.17, 15) is 5.11 Å². The molecule has 1 aliphatic heterocycles. The van der Waals surface area contributed by atoms with Gasteiger partial charge in [-0.1, -0.05) is 0 Å². The molecule has 1 aromatic rings. The van der Waals surface area contributed by atoms with Gasteiger partial charge < -0.3 is 9.84 Å². The quantitative estimate of drug-likeness (QED) is 0.797. The zero-order valence-electron chi connectivity index (χ0n) is 8.61. The molecule has 2 aliphatic rings. The third kappa shape index (κ3) is 1.71. The topological polar surface area (TPSA) is 42.4 Å². The molecule has 0 amide bonds. The molecule has 15 heavy (non-hydrogen) atoms. The Balaban J connectivity index is 1.90. The number of nitrogens with zero attached hydrogens (tertiary/aromatic N) is 1. The van der Waals surface area contributed by atoms with Crippen LogP contribution in [0.5, 0.6) is 0 Å². The van der Waals surface area contributed by atoms with E-state index in [-0.39, 0.29) is 12.2 Å². The second kappa shape index (κ2) is 3.85. The summed E-state index contributed by atoms with van der Waals surface area (Å²) in [4.78, 5) is 5.71. The Morgan fingerprint density at radius 2 is 2.27 bits per heavy atom. The minimum absolute atomic E-state index is 0.202. The molecule has 3 rings (SSSR count). The fourth-order valence-electron chi connectivity index (χ4n) is 2.33. The summed E-state index contributed by atoms with van der Waals surface area (Å²) in [6.07, 6.45) is 5.12. The summed E-state index contributed by atoms with van der Waals surface area (Å²) < 4.78 is 5.62. The van der Waals surface area contributed by atoms with E-state index in [0.717, 1.165) is 54.3 Å². The molecule has 2 heterocycles. The summed E-state index contributed by atoms with van der Waals surface area (Å²) >= 11 is 1.65. The molecule has 1 aromatic heterocycles. The lowest BCUT2D eigenvalue weighted by atomic mass is 10.0. The number of fused-ring (bicyclic) bond motifs is 1. The maximum Gasteiger partial charge on any atom is 0.122 e. The molecule has 1 N–H and O–H groups in total. The third-order valence-corrected chi connectivity index (χ3v) is 4.43. The predicted octanol–water partition coefficient (Wildman–Crippen LogP) is 2.36. The Bertz CT molecular complexity index is 357. The van der Waals surface area contributed by atoms with Gasteiger partial charge in [0, 0.05) is 6.61 Å². The summed E-state index contributed by atoms with van der Waals surface area (Å²) in [7, 11) is 0. The number of aliphatic hydroxyl groups excluding tert-OH is 1. The van der Waals surface area contributed by atoms with E-state index in [1.54, 1.807) is 11.3 Å². The maximum atomic E-state index is 9.85. The molecular weight excluding hydrogens is 210 g/mol. The summed E-state index contributed by atoms with van der Waals surface area (Å²) in [5.74, 6) is 0. The monoisotopic (exact) mass is 225 g/mol. The highest BCUT2D eigenvalue weighted by atomic mass is 32.1. The van der Waals surface area contributed by atoms with Gasteiger partial charge in [-0.15, -0.1) is 11.3 Å². The Hall–Kier alpha value is -0.450. The summed E-state index contributed by atoms with van der Waals surface area (Å²) in [6, 6.07) is 0. The van der Waals surface area contributed by atoms with Gasteiger partial charge in [0.25, 0.3) is 0 Å². The minimum Gasteiger partial charge on any atom is -0.388 e. The number of rotatable bonds is 1. The second-order valence-corrected chi connectivity index (χ2v) is 5.33. The maximum absolute atomic E-state index is 9.85. The molecule has 3 nitrogen and oxygen atoms in total. The van der Waals surface area contributed by atoms with E-state index in [1.807, 2.05) is 0 Å². The third-order valence-electron chi connectivity index (χ3n) is 3.14. The van der Waals surface area contributed by atoms with E-state index in [1.165, 1.54) is 0 Å². The first-order chi connectivity index (χ1) is 7.34. The van der Waals surface area contributed by atoms with Crippen molar-refractivity contribution >= 4 is 11.3 Å². The average Bonchev–Trinajstić information content (AvgIpc) is 2.86. The van der Waals surface area contributed by atoms with E-state index in [2.05, 4.69) is 4.98 Å². The van der Waals surface area contributed by atoms with Crippen LogP contribution in [0.4, 0.5) is 0 Å². The van der Waals surface area contributed by atoms with Crippen LogP contribution in [0, 0.1) is 0 Å². The predicted molar refractivity (Wildman–Crippen MR) is 57.9 cm³/mol. The first-order valence-corrected chi connectivity index (χ1v) is 6.45. The fourth-order valence-corrected chi connectivity index (χ4v) is 3.54. The van der Waals surface area contributed by atoms with Crippen LogP contribution >= 0.6 is 11.3 Å². The molecule has 2 atom stereocenters. The Morgan fingerprint density at radius 3 is 3.00 bits per heavy atom. The van der Waals surface area contributed by atoms with Crippen LogP contribution in [0.1, 0.15) is 53.5 Å². The first-order valence-electron chi connectivity index (χ1n) is 5.64. The second-order valence-electron chi connectivity index (χ2n) is 4.27. The number of thiazole rings is 1. The van der Waals surface area contributed by atoms with E-state index < -0.39 is 0 Å². The Morgan fingerprint density at radius 1 is 1.33 bits per heavy atom. The molecule has 0 saturated carbocycles. The van der Waals surface area contributed by atoms with Crippen molar-refractivity contribution in [1.82, 2.24) is 4.98 Å². The Kier molecular flexibility index (Phi) is 2.50. The number of hydrogen-bond donors (Lipinski definition) is 1. The molecule has 0 aromatic carbocycles. The van der Waals surface area contributed by atoms with Gasteiger partial charge in [-0.2, -0.15) is 0 Å². The van der Waals surface area contributed by atoms with Crippen LogP contribution in [-0.2, 0) is 11.2 Å². The molecular formula is C11H15NO2S. The molecule has 4 heteroatoms. The van der Waals surface area contributed by atoms with Gasteiger partial charge in [-0.3, -0.25) is 0 Å². The summed E-state index contributed by atoms with van der Waals surface area (Å²) in [5.41, 5.74) is 1.12. The van der Waals surface area contributed by atoms with Crippen molar-refractivity contribution in [2.75, 3.05) is 6.61 Å². The molecule has 1 aliphatic carbocycles. The average molecular weight is 225 g/mol. The smallest absolute Gasteiger partial charge is 0.122 e. The van der Waals surface area contributed by atoms with Gasteiger partial charge in [-0.25, -0.2) is 4.98 Å². The highest BCUT2D eigenvalue weighted by Gasteiger charge is 2.27. The molecule has 82 valence electrons.